The van der Waals surface area contributed by atoms with E-state index in [-0.39, 0.29) is 6.10 Å². The summed E-state index contributed by atoms with van der Waals surface area (Å²) < 4.78 is 6.40. The minimum Gasteiger partial charge on any atom is -0.351 e. The van der Waals surface area contributed by atoms with Crippen molar-refractivity contribution in [1.82, 2.24) is 0 Å². The summed E-state index contributed by atoms with van der Waals surface area (Å²) in [4.78, 5) is 0. The number of ether oxygens (including phenoxy) is 1. The van der Waals surface area contributed by atoms with Crippen molar-refractivity contribution in [2.45, 2.75) is 32.5 Å². The zero-order valence-electron chi connectivity index (χ0n) is 16.7. The molecule has 29 heavy (non-hydrogen) atoms. The molecule has 3 aromatic rings. The second kappa shape index (κ2) is 7.52. The monoisotopic (exact) mass is 399 g/mol. The molecule has 0 unspecified atom stereocenters. The van der Waals surface area contributed by atoms with E-state index in [0.717, 1.165) is 11.1 Å². The van der Waals surface area contributed by atoms with Crippen LogP contribution in [0.4, 0.5) is 0 Å². The highest BCUT2D eigenvalue weighted by molar-refractivity contribution is 6.30. The van der Waals surface area contributed by atoms with Gasteiger partial charge < -0.3 is 4.74 Å². The van der Waals surface area contributed by atoms with Crippen molar-refractivity contribution in [2.75, 3.05) is 0 Å². The van der Waals surface area contributed by atoms with Crippen molar-refractivity contribution >= 4 is 17.2 Å². The normalized spacial score (nSPS) is 20.9. The van der Waals surface area contributed by atoms with E-state index in [1.807, 2.05) is 36.4 Å². The van der Waals surface area contributed by atoms with Gasteiger partial charge in [0.05, 0.1) is 11.6 Å². The lowest BCUT2D eigenvalue weighted by atomic mass is 9.85. The van der Waals surface area contributed by atoms with Gasteiger partial charge in [0.15, 0.2) is 0 Å². The largest absolute Gasteiger partial charge is 0.351 e. The van der Waals surface area contributed by atoms with Crippen molar-refractivity contribution in [3.63, 3.8) is 0 Å². The lowest BCUT2D eigenvalue weighted by molar-refractivity contribution is 0.335. The van der Waals surface area contributed by atoms with E-state index in [1.165, 1.54) is 22.3 Å². The summed E-state index contributed by atoms with van der Waals surface area (Å²) in [6, 6.07) is 24.2. The van der Waals surface area contributed by atoms with Crippen molar-refractivity contribution < 1.29 is 4.74 Å². The number of halogens is 1. The Morgan fingerprint density at radius 3 is 2.21 bits per heavy atom. The third kappa shape index (κ3) is 3.60. The van der Waals surface area contributed by atoms with Gasteiger partial charge in [0.25, 0.3) is 0 Å². The third-order valence-corrected chi connectivity index (χ3v) is 5.76. The van der Waals surface area contributed by atoms with Gasteiger partial charge in [0.1, 0.15) is 11.7 Å². The van der Waals surface area contributed by atoms with Gasteiger partial charge in [-0.25, -0.2) is 0 Å². The molecule has 1 heterocycles. The predicted octanol–water partition coefficient (Wildman–Crippen LogP) is 6.84. The molecule has 3 aromatic carbocycles. The summed E-state index contributed by atoms with van der Waals surface area (Å²) in [5.74, 6) is 0. The molecule has 1 fully saturated rings. The number of nitrogens with zero attached hydrogens (tertiary/aromatic N) is 1. The summed E-state index contributed by atoms with van der Waals surface area (Å²) >= 11 is 6.02. The van der Waals surface area contributed by atoms with Crippen molar-refractivity contribution in [3.8, 4) is 6.07 Å². The maximum atomic E-state index is 9.88. The maximum absolute atomic E-state index is 9.88. The fourth-order valence-corrected chi connectivity index (χ4v) is 4.30. The van der Waals surface area contributed by atoms with Crippen LogP contribution in [0, 0.1) is 32.1 Å². The van der Waals surface area contributed by atoms with Gasteiger partial charge in [-0.3, -0.25) is 0 Å². The highest BCUT2D eigenvalue weighted by atomic mass is 35.5. The van der Waals surface area contributed by atoms with E-state index in [0.29, 0.717) is 10.6 Å². The number of hydrogen-bond acceptors (Lipinski definition) is 2. The van der Waals surface area contributed by atoms with E-state index in [4.69, 9.17) is 16.3 Å². The van der Waals surface area contributed by atoms with Crippen molar-refractivity contribution in [1.29, 1.82) is 5.26 Å². The molecule has 2 atom stereocenters. The van der Waals surface area contributed by atoms with Gasteiger partial charge in [-0.15, -0.1) is 0 Å². The van der Waals surface area contributed by atoms with Crippen LogP contribution in [0.15, 0.2) is 72.8 Å². The molecule has 0 aromatic heterocycles. The fraction of sp³-hybridized carbons (Fsp3) is 0.192. The molecule has 4 rings (SSSR count). The summed E-state index contributed by atoms with van der Waals surface area (Å²) in [5, 5.41) is 10.5. The maximum Gasteiger partial charge on any atom is 0.144 e. The molecule has 1 saturated heterocycles. The number of allylic oxidation sites excluding steroid dienone is 1. The molecule has 0 bridgehead atoms. The number of aryl methyl sites for hydroxylation is 3. The van der Waals surface area contributed by atoms with Crippen LogP contribution in [0.5, 0.6) is 0 Å². The van der Waals surface area contributed by atoms with E-state index < -0.39 is 5.60 Å². The van der Waals surface area contributed by atoms with E-state index in [1.54, 1.807) is 12.1 Å². The van der Waals surface area contributed by atoms with Gasteiger partial charge in [0, 0.05) is 5.02 Å². The lowest BCUT2D eigenvalue weighted by Gasteiger charge is -2.14. The summed E-state index contributed by atoms with van der Waals surface area (Å²) in [6.07, 6.45) is 1.84. The fourth-order valence-electron chi connectivity index (χ4n) is 4.17. The van der Waals surface area contributed by atoms with E-state index >= 15 is 0 Å². The summed E-state index contributed by atoms with van der Waals surface area (Å²) in [6.45, 7) is 6.36. The minimum atomic E-state index is -0.656. The molecule has 0 saturated carbocycles. The molecule has 0 spiro atoms. The number of hydrogen-bond donors (Lipinski definition) is 0. The average Bonchev–Trinajstić information content (AvgIpc) is 3.41. The Labute approximate surface area is 177 Å². The minimum absolute atomic E-state index is 0.124. The molecule has 144 valence electrons. The number of benzene rings is 3. The first-order valence-electron chi connectivity index (χ1n) is 9.64. The Bertz CT molecular complexity index is 1100. The zero-order chi connectivity index (χ0) is 20.6. The van der Waals surface area contributed by atoms with E-state index in [2.05, 4.69) is 51.1 Å². The first-order chi connectivity index (χ1) is 13.9. The molecule has 0 aliphatic carbocycles. The Balaban J connectivity index is 1.85. The molecule has 3 heteroatoms. The summed E-state index contributed by atoms with van der Waals surface area (Å²) in [5.41, 5.74) is 6.66. The molecular formula is C26H22ClNO. The van der Waals surface area contributed by atoms with Crippen molar-refractivity contribution in [2.24, 2.45) is 0 Å². The molecule has 0 amide bonds. The average molecular weight is 400 g/mol. The van der Waals surface area contributed by atoms with Crippen LogP contribution in [0.2, 0.25) is 5.02 Å². The molecule has 2 nitrogen and oxygen atoms in total. The Kier molecular flexibility index (Phi) is 5.04. The molecule has 1 aliphatic rings. The Morgan fingerprint density at radius 2 is 1.62 bits per heavy atom. The number of nitriles is 1. The van der Waals surface area contributed by atoms with Crippen LogP contribution in [-0.2, 0) is 10.3 Å². The van der Waals surface area contributed by atoms with Gasteiger partial charge in [-0.1, -0.05) is 71.8 Å². The smallest absolute Gasteiger partial charge is 0.144 e. The Hall–Kier alpha value is -2.86. The van der Waals surface area contributed by atoms with E-state index in [9.17, 15) is 5.26 Å². The predicted molar refractivity (Wildman–Crippen MR) is 118 cm³/mol. The van der Waals surface area contributed by atoms with Crippen LogP contribution >= 0.6 is 11.6 Å². The number of epoxide rings is 1. The molecule has 0 radical (unpaired) electrons. The van der Waals surface area contributed by atoms with Crippen LogP contribution < -0.4 is 0 Å². The van der Waals surface area contributed by atoms with Crippen LogP contribution in [0.25, 0.3) is 5.57 Å². The molecule has 0 N–H and O–H groups in total. The van der Waals surface area contributed by atoms with Crippen LogP contribution in [0.3, 0.4) is 0 Å². The first kappa shape index (κ1) is 19.5. The zero-order valence-corrected chi connectivity index (χ0v) is 17.5. The second-order valence-electron chi connectivity index (χ2n) is 7.65. The quantitative estimate of drug-likeness (QED) is 0.355. The van der Waals surface area contributed by atoms with Crippen LogP contribution in [0.1, 0.15) is 39.5 Å². The van der Waals surface area contributed by atoms with Gasteiger partial charge >= 0.3 is 0 Å². The highest BCUT2D eigenvalue weighted by Gasteiger charge is 2.58. The topological polar surface area (TPSA) is 36.3 Å². The summed E-state index contributed by atoms with van der Waals surface area (Å²) in [7, 11) is 0. The van der Waals surface area contributed by atoms with Gasteiger partial charge in [0.2, 0.25) is 0 Å². The van der Waals surface area contributed by atoms with Crippen molar-refractivity contribution in [3.05, 3.63) is 111 Å². The molecule has 1 aliphatic heterocycles. The second-order valence-corrected chi connectivity index (χ2v) is 8.08. The lowest BCUT2D eigenvalue weighted by Crippen LogP contribution is -2.09. The number of rotatable bonds is 4. The first-order valence-corrected chi connectivity index (χ1v) is 10.0. The van der Waals surface area contributed by atoms with Gasteiger partial charge in [-0.05, 0) is 66.8 Å². The van der Waals surface area contributed by atoms with Crippen LogP contribution in [-0.4, -0.2) is 0 Å². The standard InChI is InChI=1S/C26H22ClNO/c1-17-13-18(2)24(19(3)14-17)25-26(29-25,22-7-5-4-6-8-22)15-21(16-28)20-9-11-23(27)12-10-20/h4-15,25H,1-3H3/b21-15+/t25-,26+/m0/s1. The Morgan fingerprint density at radius 1 is 1.00 bits per heavy atom. The van der Waals surface area contributed by atoms with Gasteiger partial charge in [-0.2, -0.15) is 5.26 Å². The SMILES string of the molecule is Cc1cc(C)c([C@@H]2O[C@]2(/C=C(\C#N)c2ccc(Cl)cc2)c2ccccc2)c(C)c1. The highest BCUT2D eigenvalue weighted by Crippen LogP contribution is 2.60. The third-order valence-electron chi connectivity index (χ3n) is 5.50. The molecular weight excluding hydrogens is 378 g/mol.